The number of carbonyl (C=O) groups is 2. The number of rotatable bonds is 1. The van der Waals surface area contributed by atoms with Crippen molar-refractivity contribution in [3.8, 4) is 0 Å². The minimum absolute atomic E-state index is 0.0608. The monoisotopic (exact) mass is 258 g/mol. The van der Waals surface area contributed by atoms with E-state index < -0.39 is 5.92 Å². The van der Waals surface area contributed by atoms with E-state index in [2.05, 4.69) is 24.3 Å². The van der Waals surface area contributed by atoms with Gasteiger partial charge in [-0.15, -0.1) is 0 Å². The summed E-state index contributed by atoms with van der Waals surface area (Å²) in [4.78, 5) is 23.8. The molecule has 0 heterocycles. The Balaban J connectivity index is 1.77. The third kappa shape index (κ3) is 2.07. The summed E-state index contributed by atoms with van der Waals surface area (Å²) in [5.74, 6) is -0.833. The van der Waals surface area contributed by atoms with Crippen molar-refractivity contribution in [1.29, 1.82) is 0 Å². The quantitative estimate of drug-likeness (QED) is 0.573. The van der Waals surface area contributed by atoms with Crippen LogP contribution < -0.4 is 0 Å². The van der Waals surface area contributed by atoms with E-state index in [1.54, 1.807) is 0 Å². The first-order valence-electron chi connectivity index (χ1n) is 6.81. The lowest BCUT2D eigenvalue weighted by atomic mass is 9.68. The van der Waals surface area contributed by atoms with Gasteiger partial charge in [-0.05, 0) is 42.2 Å². The zero-order chi connectivity index (χ0) is 13.5. The van der Waals surface area contributed by atoms with Crippen molar-refractivity contribution in [2.24, 2.45) is 11.3 Å². The largest absolute Gasteiger partial charge is 0.468 e. The SMILES string of the molecule is COC(=O)C1CCC2(CC1=O)Cc1ccccc1C2. The molecule has 1 spiro atoms. The molecule has 0 radical (unpaired) electrons. The molecule has 3 rings (SSSR count). The number of ether oxygens (including phenoxy) is 1. The molecule has 100 valence electrons. The van der Waals surface area contributed by atoms with Crippen molar-refractivity contribution in [2.75, 3.05) is 7.11 Å². The summed E-state index contributed by atoms with van der Waals surface area (Å²) in [5.41, 5.74) is 2.80. The third-order valence-electron chi connectivity index (χ3n) is 4.64. The average molecular weight is 258 g/mol. The number of hydrogen-bond donors (Lipinski definition) is 0. The maximum atomic E-state index is 12.2. The van der Waals surface area contributed by atoms with Crippen LogP contribution in [0.4, 0.5) is 0 Å². The second kappa shape index (κ2) is 4.48. The van der Waals surface area contributed by atoms with E-state index in [4.69, 9.17) is 4.74 Å². The van der Waals surface area contributed by atoms with Crippen LogP contribution in [-0.4, -0.2) is 18.9 Å². The summed E-state index contributed by atoms with van der Waals surface area (Å²) in [6, 6.07) is 8.42. The average Bonchev–Trinajstić information content (AvgIpc) is 2.75. The van der Waals surface area contributed by atoms with Crippen molar-refractivity contribution < 1.29 is 14.3 Å². The Labute approximate surface area is 113 Å². The molecule has 2 aliphatic rings. The predicted octanol–water partition coefficient (Wildman–Crippen LogP) is 2.31. The number of esters is 1. The molecule has 0 N–H and O–H groups in total. The van der Waals surface area contributed by atoms with Gasteiger partial charge in [0.05, 0.1) is 7.11 Å². The molecule has 0 saturated heterocycles. The second-order valence-electron chi connectivity index (χ2n) is 5.88. The van der Waals surface area contributed by atoms with Gasteiger partial charge in [0.1, 0.15) is 11.7 Å². The number of hydrogen-bond acceptors (Lipinski definition) is 3. The Bertz CT molecular complexity index is 508. The van der Waals surface area contributed by atoms with Gasteiger partial charge in [0.2, 0.25) is 0 Å². The Kier molecular flexibility index (Phi) is 2.92. The summed E-state index contributed by atoms with van der Waals surface area (Å²) in [6.45, 7) is 0. The summed E-state index contributed by atoms with van der Waals surface area (Å²) < 4.78 is 4.71. The smallest absolute Gasteiger partial charge is 0.316 e. The van der Waals surface area contributed by atoms with Gasteiger partial charge in [-0.25, -0.2) is 0 Å². The number of benzene rings is 1. The summed E-state index contributed by atoms with van der Waals surface area (Å²) in [5, 5.41) is 0. The molecule has 2 aliphatic carbocycles. The zero-order valence-corrected chi connectivity index (χ0v) is 11.1. The molecule has 0 aromatic heterocycles. The first-order chi connectivity index (χ1) is 9.13. The maximum absolute atomic E-state index is 12.2. The molecule has 0 amide bonds. The van der Waals surface area contributed by atoms with Crippen molar-refractivity contribution >= 4 is 11.8 Å². The molecule has 19 heavy (non-hydrogen) atoms. The van der Waals surface area contributed by atoms with Gasteiger partial charge in [0, 0.05) is 6.42 Å². The second-order valence-corrected chi connectivity index (χ2v) is 5.88. The maximum Gasteiger partial charge on any atom is 0.316 e. The van der Waals surface area contributed by atoms with Crippen LogP contribution in [0.1, 0.15) is 30.4 Å². The Morgan fingerprint density at radius 2 is 1.84 bits per heavy atom. The Morgan fingerprint density at radius 3 is 2.37 bits per heavy atom. The Morgan fingerprint density at radius 1 is 1.21 bits per heavy atom. The highest BCUT2D eigenvalue weighted by atomic mass is 16.5. The van der Waals surface area contributed by atoms with Gasteiger partial charge < -0.3 is 4.74 Å². The lowest BCUT2D eigenvalue weighted by Gasteiger charge is -2.35. The zero-order valence-electron chi connectivity index (χ0n) is 11.1. The van der Waals surface area contributed by atoms with E-state index in [0.29, 0.717) is 12.8 Å². The van der Waals surface area contributed by atoms with Crippen LogP contribution in [0.3, 0.4) is 0 Å². The predicted molar refractivity (Wildman–Crippen MR) is 70.6 cm³/mol. The Hall–Kier alpha value is -1.64. The molecule has 1 atom stereocenters. The van der Waals surface area contributed by atoms with Crippen molar-refractivity contribution in [2.45, 2.75) is 32.1 Å². The van der Waals surface area contributed by atoms with Crippen LogP contribution in [0.15, 0.2) is 24.3 Å². The van der Waals surface area contributed by atoms with Crippen molar-refractivity contribution in [3.63, 3.8) is 0 Å². The third-order valence-corrected chi connectivity index (χ3v) is 4.64. The van der Waals surface area contributed by atoms with E-state index in [9.17, 15) is 9.59 Å². The van der Waals surface area contributed by atoms with Gasteiger partial charge in [-0.2, -0.15) is 0 Å². The summed E-state index contributed by atoms with van der Waals surface area (Å²) in [6.07, 6.45) is 4.04. The number of ketones is 1. The molecular weight excluding hydrogens is 240 g/mol. The summed E-state index contributed by atoms with van der Waals surface area (Å²) >= 11 is 0. The van der Waals surface area contributed by atoms with E-state index in [0.717, 1.165) is 19.3 Å². The van der Waals surface area contributed by atoms with E-state index >= 15 is 0 Å². The molecule has 1 fully saturated rings. The normalized spacial score (nSPS) is 24.3. The van der Waals surface area contributed by atoms with E-state index in [1.807, 2.05) is 0 Å². The van der Waals surface area contributed by atoms with E-state index in [-0.39, 0.29) is 17.2 Å². The standard InChI is InChI=1S/C16H18O3/c1-19-15(18)13-6-7-16(10-14(13)17)8-11-4-2-3-5-12(11)9-16/h2-5,13H,6-10H2,1H3. The van der Waals surface area contributed by atoms with Crippen LogP contribution >= 0.6 is 0 Å². The lowest BCUT2D eigenvalue weighted by molar-refractivity contribution is -0.152. The molecule has 0 aliphatic heterocycles. The highest BCUT2D eigenvalue weighted by molar-refractivity contribution is 5.99. The molecule has 3 nitrogen and oxygen atoms in total. The molecule has 1 unspecified atom stereocenters. The molecular formula is C16H18O3. The van der Waals surface area contributed by atoms with Gasteiger partial charge in [-0.3, -0.25) is 9.59 Å². The van der Waals surface area contributed by atoms with E-state index in [1.165, 1.54) is 18.2 Å². The van der Waals surface area contributed by atoms with Crippen LogP contribution in [0.2, 0.25) is 0 Å². The first kappa shape index (κ1) is 12.4. The number of carbonyl (C=O) groups excluding carboxylic acids is 2. The fraction of sp³-hybridized carbons (Fsp3) is 0.500. The first-order valence-corrected chi connectivity index (χ1v) is 6.81. The van der Waals surface area contributed by atoms with Gasteiger partial charge in [0.15, 0.2) is 0 Å². The minimum Gasteiger partial charge on any atom is -0.468 e. The number of methoxy groups -OCH3 is 1. The number of Topliss-reactive ketones (excluding diaryl/α,β-unsaturated/α-hetero) is 1. The van der Waals surface area contributed by atoms with Gasteiger partial charge in [0.25, 0.3) is 0 Å². The minimum atomic E-state index is -0.528. The van der Waals surface area contributed by atoms with Gasteiger partial charge >= 0.3 is 5.97 Å². The number of fused-ring (bicyclic) bond motifs is 1. The van der Waals surface area contributed by atoms with Crippen LogP contribution in [0.5, 0.6) is 0 Å². The fourth-order valence-corrected chi connectivity index (χ4v) is 3.66. The molecule has 1 aromatic carbocycles. The molecule has 0 bridgehead atoms. The summed E-state index contributed by atoms with van der Waals surface area (Å²) in [7, 11) is 1.35. The van der Waals surface area contributed by atoms with Crippen molar-refractivity contribution in [1.82, 2.24) is 0 Å². The van der Waals surface area contributed by atoms with Gasteiger partial charge in [-0.1, -0.05) is 24.3 Å². The lowest BCUT2D eigenvalue weighted by Crippen LogP contribution is -2.38. The highest BCUT2D eigenvalue weighted by Gasteiger charge is 2.45. The van der Waals surface area contributed by atoms with Crippen LogP contribution in [0, 0.1) is 11.3 Å². The highest BCUT2D eigenvalue weighted by Crippen LogP contribution is 2.47. The fourth-order valence-electron chi connectivity index (χ4n) is 3.66. The molecule has 1 aromatic rings. The molecule has 1 saturated carbocycles. The molecule has 3 heteroatoms. The van der Waals surface area contributed by atoms with Crippen LogP contribution in [0.25, 0.3) is 0 Å². The van der Waals surface area contributed by atoms with Crippen molar-refractivity contribution in [3.05, 3.63) is 35.4 Å². The van der Waals surface area contributed by atoms with Crippen LogP contribution in [-0.2, 0) is 27.2 Å². The topological polar surface area (TPSA) is 43.4 Å².